The van der Waals surface area contributed by atoms with Crippen LogP contribution < -0.4 is 10.6 Å². The van der Waals surface area contributed by atoms with Crippen LogP contribution in [0.15, 0.2) is 60.2 Å². The quantitative estimate of drug-likeness (QED) is 0.394. The highest BCUT2D eigenvalue weighted by Crippen LogP contribution is 2.44. The molecule has 2 aromatic rings. The van der Waals surface area contributed by atoms with Crippen LogP contribution in [-0.4, -0.2) is 41.8 Å². The highest BCUT2D eigenvalue weighted by molar-refractivity contribution is 5.86. The summed E-state index contributed by atoms with van der Waals surface area (Å²) >= 11 is 0. The molecule has 0 radical (unpaired) electrons. The molecule has 0 fully saturated rings. The molecule has 1 aliphatic carbocycles. The largest absolute Gasteiger partial charge is 0.481 e. The molecule has 2 aromatic carbocycles. The Labute approximate surface area is 206 Å². The summed E-state index contributed by atoms with van der Waals surface area (Å²) in [5.41, 5.74) is 5.50. The second kappa shape index (κ2) is 12.2. The Kier molecular flexibility index (Phi) is 9.06. The first kappa shape index (κ1) is 26.0. The maximum Gasteiger partial charge on any atom is 0.407 e. The number of rotatable bonds is 11. The van der Waals surface area contributed by atoms with Gasteiger partial charge in [0, 0.05) is 12.0 Å². The van der Waals surface area contributed by atoms with Crippen molar-refractivity contribution in [1.82, 2.24) is 10.6 Å². The van der Waals surface area contributed by atoms with Crippen molar-refractivity contribution in [2.24, 2.45) is 0 Å². The number of ether oxygens (including phenoxy) is 1. The number of fused-ring (bicyclic) bond motifs is 3. The molecular weight excluding hydrogens is 444 g/mol. The molecule has 0 heterocycles. The number of carbonyl (C=O) groups is 3. The van der Waals surface area contributed by atoms with Crippen LogP contribution in [0.3, 0.4) is 0 Å². The van der Waals surface area contributed by atoms with E-state index in [0.29, 0.717) is 6.42 Å². The smallest absolute Gasteiger partial charge is 0.407 e. The molecule has 0 aromatic heterocycles. The first-order chi connectivity index (χ1) is 16.8. The van der Waals surface area contributed by atoms with E-state index in [-0.39, 0.29) is 25.4 Å². The van der Waals surface area contributed by atoms with Gasteiger partial charge in [0.2, 0.25) is 5.91 Å². The minimum Gasteiger partial charge on any atom is -0.481 e. The van der Waals surface area contributed by atoms with Gasteiger partial charge < -0.3 is 20.5 Å². The first-order valence-electron chi connectivity index (χ1n) is 12.1. The number of allylic oxidation sites excluding steroid dienone is 1. The summed E-state index contributed by atoms with van der Waals surface area (Å²) in [5.74, 6) is -1.48. The first-order valence-corrected chi connectivity index (χ1v) is 12.1. The van der Waals surface area contributed by atoms with Gasteiger partial charge in [0.15, 0.2) is 0 Å². The molecule has 186 valence electrons. The maximum atomic E-state index is 12.9. The molecule has 2 atom stereocenters. The normalized spacial score (nSPS) is 13.7. The van der Waals surface area contributed by atoms with Gasteiger partial charge in [-0.1, -0.05) is 73.5 Å². The standard InChI is InChI=1S/C28H34N2O5/c1-4-9-19(16-26(31)32)29-27(33)25(15-14-18(2)3)30-28(34)35-17-24-22-12-7-5-10-20(22)21-11-6-8-13-23(21)24/h5-8,10-14,19,24-25H,4,9,15-17H2,1-3H3,(H,29,33)(H,30,34)(H,31,32)/t19-,25?/m1/s1. The summed E-state index contributed by atoms with van der Waals surface area (Å²) in [5, 5.41) is 14.6. The lowest BCUT2D eigenvalue weighted by molar-refractivity contribution is -0.137. The van der Waals surface area contributed by atoms with Crippen LogP contribution in [0.4, 0.5) is 4.79 Å². The zero-order valence-corrected chi connectivity index (χ0v) is 20.5. The molecule has 0 bridgehead atoms. The summed E-state index contributed by atoms with van der Waals surface area (Å²) in [7, 11) is 0. The molecule has 7 nitrogen and oxygen atoms in total. The molecule has 3 N–H and O–H groups in total. The summed E-state index contributed by atoms with van der Waals surface area (Å²) in [4.78, 5) is 36.9. The van der Waals surface area contributed by atoms with Crippen LogP contribution in [0.1, 0.15) is 63.5 Å². The average molecular weight is 479 g/mol. The van der Waals surface area contributed by atoms with E-state index in [1.54, 1.807) is 0 Å². The number of benzene rings is 2. The summed E-state index contributed by atoms with van der Waals surface area (Å²) in [6, 6.07) is 14.8. The van der Waals surface area contributed by atoms with Crippen molar-refractivity contribution >= 4 is 18.0 Å². The molecule has 3 rings (SSSR count). The molecule has 7 heteroatoms. The Morgan fingerprint density at radius 1 is 1.00 bits per heavy atom. The van der Waals surface area contributed by atoms with Crippen molar-refractivity contribution in [3.63, 3.8) is 0 Å². The molecule has 1 aliphatic rings. The minimum atomic E-state index is -0.978. The fourth-order valence-corrected chi connectivity index (χ4v) is 4.45. The zero-order valence-electron chi connectivity index (χ0n) is 20.5. The number of nitrogens with one attached hydrogen (secondary N) is 2. The third-order valence-electron chi connectivity index (χ3n) is 6.12. The topological polar surface area (TPSA) is 105 Å². The second-order valence-corrected chi connectivity index (χ2v) is 9.13. The highest BCUT2D eigenvalue weighted by Gasteiger charge is 2.30. The number of hydrogen-bond acceptors (Lipinski definition) is 4. The van der Waals surface area contributed by atoms with Crippen molar-refractivity contribution in [1.29, 1.82) is 0 Å². The van der Waals surface area contributed by atoms with Crippen LogP contribution in [0.5, 0.6) is 0 Å². The van der Waals surface area contributed by atoms with Crippen LogP contribution in [0, 0.1) is 0 Å². The Morgan fingerprint density at radius 3 is 2.14 bits per heavy atom. The second-order valence-electron chi connectivity index (χ2n) is 9.13. The number of amides is 2. The van der Waals surface area contributed by atoms with Gasteiger partial charge >= 0.3 is 12.1 Å². The summed E-state index contributed by atoms with van der Waals surface area (Å²) in [6.07, 6.45) is 2.57. The van der Waals surface area contributed by atoms with Gasteiger partial charge in [-0.15, -0.1) is 0 Å². The van der Waals surface area contributed by atoms with Gasteiger partial charge in [0.05, 0.1) is 6.42 Å². The molecule has 2 amide bonds. The van der Waals surface area contributed by atoms with Gasteiger partial charge in [-0.3, -0.25) is 9.59 Å². The summed E-state index contributed by atoms with van der Waals surface area (Å²) < 4.78 is 5.60. The lowest BCUT2D eigenvalue weighted by atomic mass is 9.98. The van der Waals surface area contributed by atoms with E-state index in [4.69, 9.17) is 9.84 Å². The number of alkyl carbamates (subject to hydrolysis) is 1. The van der Waals surface area contributed by atoms with E-state index < -0.39 is 30.1 Å². The Balaban J connectivity index is 1.67. The molecule has 0 aliphatic heterocycles. The summed E-state index contributed by atoms with van der Waals surface area (Å²) in [6.45, 7) is 5.89. The van der Waals surface area contributed by atoms with E-state index in [1.807, 2.05) is 63.2 Å². The van der Waals surface area contributed by atoms with Gasteiger partial charge in [0.25, 0.3) is 0 Å². The van der Waals surface area contributed by atoms with Crippen molar-refractivity contribution in [2.45, 2.75) is 64.5 Å². The van der Waals surface area contributed by atoms with Crippen LogP contribution >= 0.6 is 0 Å². The molecule has 0 spiro atoms. The average Bonchev–Trinajstić information content (AvgIpc) is 3.13. The van der Waals surface area contributed by atoms with Crippen LogP contribution in [0.2, 0.25) is 0 Å². The number of carboxylic acids is 1. The van der Waals surface area contributed by atoms with Crippen molar-refractivity contribution in [2.75, 3.05) is 6.61 Å². The zero-order chi connectivity index (χ0) is 25.4. The predicted molar refractivity (Wildman–Crippen MR) is 135 cm³/mol. The Morgan fingerprint density at radius 2 is 1.60 bits per heavy atom. The number of carbonyl (C=O) groups excluding carboxylic acids is 2. The van der Waals surface area contributed by atoms with E-state index >= 15 is 0 Å². The SMILES string of the molecule is CCC[C@H](CC(=O)O)NC(=O)C(CC=C(C)C)NC(=O)OCC1c2ccccc2-c2ccccc21. The molecule has 0 saturated carbocycles. The van der Waals surface area contributed by atoms with Crippen molar-refractivity contribution in [3.8, 4) is 11.1 Å². The third-order valence-corrected chi connectivity index (χ3v) is 6.12. The minimum absolute atomic E-state index is 0.0808. The van der Waals surface area contributed by atoms with E-state index in [0.717, 1.165) is 34.2 Å². The molecule has 35 heavy (non-hydrogen) atoms. The maximum absolute atomic E-state index is 12.9. The molecule has 0 saturated heterocycles. The molecular formula is C28H34N2O5. The Hall–Kier alpha value is -3.61. The third kappa shape index (κ3) is 6.94. The number of aliphatic carboxylic acids is 1. The lowest BCUT2D eigenvalue weighted by Gasteiger charge is -2.22. The van der Waals surface area contributed by atoms with Gasteiger partial charge in [0.1, 0.15) is 12.6 Å². The van der Waals surface area contributed by atoms with E-state index in [2.05, 4.69) is 22.8 Å². The number of hydrogen-bond donors (Lipinski definition) is 3. The van der Waals surface area contributed by atoms with Crippen LogP contribution in [-0.2, 0) is 14.3 Å². The van der Waals surface area contributed by atoms with E-state index in [1.165, 1.54) is 0 Å². The van der Waals surface area contributed by atoms with Gasteiger partial charge in [-0.05, 0) is 48.9 Å². The van der Waals surface area contributed by atoms with Crippen molar-refractivity contribution in [3.05, 3.63) is 71.3 Å². The predicted octanol–water partition coefficient (Wildman–Crippen LogP) is 5.01. The fraction of sp³-hybridized carbons (Fsp3) is 0.393. The number of carboxylic acid groups (broad SMARTS) is 1. The fourth-order valence-electron chi connectivity index (χ4n) is 4.45. The van der Waals surface area contributed by atoms with Crippen LogP contribution in [0.25, 0.3) is 11.1 Å². The molecule has 1 unspecified atom stereocenters. The lowest BCUT2D eigenvalue weighted by Crippen LogP contribution is -2.50. The highest BCUT2D eigenvalue weighted by atomic mass is 16.5. The van der Waals surface area contributed by atoms with E-state index in [9.17, 15) is 14.4 Å². The van der Waals surface area contributed by atoms with Gasteiger partial charge in [-0.25, -0.2) is 4.79 Å². The van der Waals surface area contributed by atoms with Crippen molar-refractivity contribution < 1.29 is 24.2 Å². The monoisotopic (exact) mass is 478 g/mol. The van der Waals surface area contributed by atoms with Gasteiger partial charge in [-0.2, -0.15) is 0 Å². The Bertz CT molecular complexity index is 1040.